The summed E-state index contributed by atoms with van der Waals surface area (Å²) in [5, 5.41) is 0. The van der Waals surface area contributed by atoms with E-state index < -0.39 is 0 Å². The minimum atomic E-state index is 0. The van der Waals surface area contributed by atoms with Crippen LogP contribution in [0.5, 0.6) is 0 Å². The van der Waals surface area contributed by atoms with Crippen LogP contribution < -0.4 is 18.1 Å². The molecule has 2 heteroatoms. The van der Waals surface area contributed by atoms with Gasteiger partial charge in [-0.2, -0.15) is 0 Å². The third-order valence-electron chi connectivity index (χ3n) is 1.08. The zero-order chi connectivity index (χ0) is 5.70. The van der Waals surface area contributed by atoms with Crippen LogP contribution in [0.15, 0.2) is 12.7 Å². The van der Waals surface area contributed by atoms with E-state index in [1.165, 1.54) is 0 Å². The molecule has 1 atom stereocenters. The summed E-state index contributed by atoms with van der Waals surface area (Å²) < 4.78 is 0. The van der Waals surface area contributed by atoms with Gasteiger partial charge >= 0.3 is 0 Å². The Morgan fingerprint density at radius 3 is 2.38 bits per heavy atom. The van der Waals surface area contributed by atoms with Crippen molar-refractivity contribution < 1.29 is 18.1 Å². The third kappa shape index (κ3) is 5.99. The Morgan fingerprint density at radius 1 is 1.75 bits per heavy atom. The van der Waals surface area contributed by atoms with Gasteiger partial charge in [-0.3, -0.25) is 0 Å². The summed E-state index contributed by atoms with van der Waals surface area (Å²) in [5.74, 6) is 0. The molecule has 0 aliphatic carbocycles. The molecule has 0 saturated carbocycles. The Hall–Kier alpha value is -0.0100. The molecule has 0 aliphatic heterocycles. The van der Waals surface area contributed by atoms with Crippen molar-refractivity contribution in [3.8, 4) is 0 Å². The molecule has 0 spiro atoms. The number of rotatable bonds is 3. The van der Waals surface area contributed by atoms with E-state index in [9.17, 15) is 0 Å². The summed E-state index contributed by atoms with van der Waals surface area (Å²) >= 11 is 0. The largest absolute Gasteiger partial charge is 1.00 e. The summed E-state index contributed by atoms with van der Waals surface area (Å²) in [7, 11) is 0. The van der Waals surface area contributed by atoms with Gasteiger partial charge < -0.3 is 18.1 Å². The first-order chi connectivity index (χ1) is 3.31. The third-order valence-corrected chi connectivity index (χ3v) is 1.08. The van der Waals surface area contributed by atoms with Crippen LogP contribution in [0.2, 0.25) is 0 Å². The molecule has 8 heavy (non-hydrogen) atoms. The fourth-order valence-corrected chi connectivity index (χ4v) is 0.402. The van der Waals surface area contributed by atoms with Gasteiger partial charge in [0.25, 0.3) is 0 Å². The highest BCUT2D eigenvalue weighted by atomic mass is 35.5. The molecule has 0 bridgehead atoms. The molecule has 1 nitrogen and oxygen atoms in total. The Kier molecular flexibility index (Phi) is 9.51. The molecule has 0 unspecified atom stereocenters. The zero-order valence-electron chi connectivity index (χ0n) is 5.36. The van der Waals surface area contributed by atoms with Gasteiger partial charge in [-0.25, -0.2) is 0 Å². The molecule has 0 heterocycles. The summed E-state index contributed by atoms with van der Waals surface area (Å²) in [6.45, 7) is 5.75. The minimum Gasteiger partial charge on any atom is -1.00 e. The lowest BCUT2D eigenvalue weighted by molar-refractivity contribution is -0.419. The summed E-state index contributed by atoms with van der Waals surface area (Å²) in [4.78, 5) is 0. The Bertz CT molecular complexity index is 54.5. The monoisotopic (exact) mass is 135 g/mol. The fourth-order valence-electron chi connectivity index (χ4n) is 0.402. The topological polar surface area (TPSA) is 27.6 Å². The van der Waals surface area contributed by atoms with E-state index in [-0.39, 0.29) is 12.4 Å². The number of halogens is 1. The molecule has 0 aromatic rings. The summed E-state index contributed by atoms with van der Waals surface area (Å²) in [5.41, 5.74) is 3.88. The van der Waals surface area contributed by atoms with Crippen LogP contribution >= 0.6 is 0 Å². The quantitative estimate of drug-likeness (QED) is 0.418. The van der Waals surface area contributed by atoms with Crippen molar-refractivity contribution in [1.82, 2.24) is 0 Å². The molecule has 0 saturated heterocycles. The van der Waals surface area contributed by atoms with Crippen molar-refractivity contribution in [2.45, 2.75) is 25.8 Å². The van der Waals surface area contributed by atoms with Gasteiger partial charge in [0.1, 0.15) is 0 Å². The molecular weight excluding hydrogens is 122 g/mol. The average Bonchev–Trinajstić information content (AvgIpc) is 1.68. The number of hydrogen-bond donors (Lipinski definition) is 1. The first-order valence-electron chi connectivity index (χ1n) is 2.75. The van der Waals surface area contributed by atoms with Crippen molar-refractivity contribution in [1.29, 1.82) is 0 Å². The molecule has 0 aromatic heterocycles. The lowest BCUT2D eigenvalue weighted by Gasteiger charge is -1.96. The predicted molar refractivity (Wildman–Crippen MR) is 31.8 cm³/mol. The predicted octanol–water partition coefficient (Wildman–Crippen LogP) is -2.41. The normalized spacial score (nSPS) is 11.8. The van der Waals surface area contributed by atoms with Crippen molar-refractivity contribution >= 4 is 0 Å². The van der Waals surface area contributed by atoms with Crippen LogP contribution in [0.3, 0.4) is 0 Å². The van der Waals surface area contributed by atoms with Crippen LogP contribution in [-0.4, -0.2) is 6.04 Å². The Balaban J connectivity index is 0. The fraction of sp³-hybridized carbons (Fsp3) is 0.667. The van der Waals surface area contributed by atoms with E-state index in [2.05, 4.69) is 19.2 Å². The second-order valence-corrected chi connectivity index (χ2v) is 1.80. The van der Waals surface area contributed by atoms with Crippen LogP contribution in [0.25, 0.3) is 0 Å². The maximum absolute atomic E-state index is 3.88. The van der Waals surface area contributed by atoms with Crippen molar-refractivity contribution in [3.05, 3.63) is 12.7 Å². The van der Waals surface area contributed by atoms with E-state index >= 15 is 0 Å². The van der Waals surface area contributed by atoms with E-state index in [1.807, 2.05) is 6.08 Å². The number of quaternary nitrogens is 1. The van der Waals surface area contributed by atoms with Gasteiger partial charge in [0.2, 0.25) is 0 Å². The van der Waals surface area contributed by atoms with Crippen LogP contribution in [0.4, 0.5) is 0 Å². The highest BCUT2D eigenvalue weighted by Crippen LogP contribution is 1.88. The highest BCUT2D eigenvalue weighted by Gasteiger charge is 1.95. The maximum Gasteiger partial charge on any atom is 0.0875 e. The van der Waals surface area contributed by atoms with E-state index in [1.54, 1.807) is 0 Å². The van der Waals surface area contributed by atoms with E-state index in [0.29, 0.717) is 6.04 Å². The van der Waals surface area contributed by atoms with Crippen LogP contribution in [0.1, 0.15) is 19.8 Å². The molecular formula is C6H14ClN. The van der Waals surface area contributed by atoms with Gasteiger partial charge in [0, 0.05) is 6.42 Å². The second kappa shape index (κ2) is 6.99. The van der Waals surface area contributed by atoms with E-state index in [0.717, 1.165) is 12.8 Å². The Labute approximate surface area is 57.4 Å². The maximum atomic E-state index is 3.88. The molecule has 0 amide bonds. The minimum absolute atomic E-state index is 0. The first kappa shape index (κ1) is 10.9. The lowest BCUT2D eigenvalue weighted by Crippen LogP contribution is -3.00. The molecule has 0 fully saturated rings. The second-order valence-electron chi connectivity index (χ2n) is 1.80. The summed E-state index contributed by atoms with van der Waals surface area (Å²) in [6, 6.07) is 0.581. The standard InChI is InChI=1S/C6H13N.ClH/c1-3-5-6(7)4-2;/h3,6H,1,4-5,7H2,2H3;1H/t6-;/m0./s1. The average molecular weight is 136 g/mol. The molecule has 0 aromatic carbocycles. The highest BCUT2D eigenvalue weighted by molar-refractivity contribution is 4.69. The van der Waals surface area contributed by atoms with Gasteiger partial charge in [0.15, 0.2) is 0 Å². The van der Waals surface area contributed by atoms with Crippen LogP contribution in [0, 0.1) is 0 Å². The molecule has 0 radical (unpaired) electrons. The Morgan fingerprint density at radius 2 is 2.25 bits per heavy atom. The van der Waals surface area contributed by atoms with Gasteiger partial charge in [-0.1, -0.05) is 13.0 Å². The zero-order valence-corrected chi connectivity index (χ0v) is 6.12. The van der Waals surface area contributed by atoms with Gasteiger partial charge in [-0.15, -0.1) is 6.58 Å². The lowest BCUT2D eigenvalue weighted by atomic mass is 10.2. The molecule has 50 valence electrons. The van der Waals surface area contributed by atoms with Gasteiger partial charge in [0.05, 0.1) is 6.04 Å². The molecule has 3 N–H and O–H groups in total. The first-order valence-corrected chi connectivity index (χ1v) is 2.75. The van der Waals surface area contributed by atoms with Crippen LogP contribution in [-0.2, 0) is 0 Å². The van der Waals surface area contributed by atoms with Gasteiger partial charge in [-0.05, 0) is 6.42 Å². The van der Waals surface area contributed by atoms with E-state index in [4.69, 9.17) is 0 Å². The smallest absolute Gasteiger partial charge is 0.0875 e. The summed E-state index contributed by atoms with van der Waals surface area (Å²) in [6.07, 6.45) is 4.13. The molecule has 0 rings (SSSR count). The van der Waals surface area contributed by atoms with Crippen molar-refractivity contribution in [2.24, 2.45) is 0 Å². The van der Waals surface area contributed by atoms with Crippen molar-refractivity contribution in [3.63, 3.8) is 0 Å². The SMILES string of the molecule is C=CC[C@@H]([NH3+])CC.[Cl-]. The number of hydrogen-bond acceptors (Lipinski definition) is 0. The van der Waals surface area contributed by atoms with Crippen molar-refractivity contribution in [2.75, 3.05) is 0 Å². The molecule has 0 aliphatic rings.